The van der Waals surface area contributed by atoms with E-state index in [0.717, 1.165) is 8.97 Å². The lowest BCUT2D eigenvalue weighted by atomic mass is 10.3. The Bertz CT molecular complexity index is 748. The lowest BCUT2D eigenvalue weighted by Crippen LogP contribution is -2.41. The molecule has 0 saturated carbocycles. The van der Waals surface area contributed by atoms with Crippen LogP contribution in [-0.4, -0.2) is 62.2 Å². The maximum Gasteiger partial charge on any atom is 0.135 e. The molecule has 0 radical (unpaired) electrons. The Hall–Kier alpha value is -2.84. The molecular formula is C23H32N4O4. The molecule has 2 aromatic rings. The number of pyridine rings is 2. The van der Waals surface area contributed by atoms with Crippen molar-refractivity contribution in [3.8, 4) is 0 Å². The van der Waals surface area contributed by atoms with Crippen LogP contribution in [0.2, 0.25) is 0 Å². The van der Waals surface area contributed by atoms with E-state index < -0.39 is 18.4 Å². The molecule has 8 nitrogen and oxygen atoms in total. The zero-order valence-electron chi connectivity index (χ0n) is 18.4. The molecule has 0 bridgehead atoms. The van der Waals surface area contributed by atoms with E-state index in [4.69, 9.17) is 0 Å². The van der Waals surface area contributed by atoms with Crippen LogP contribution in [0.5, 0.6) is 0 Å². The van der Waals surface area contributed by atoms with E-state index in [-0.39, 0.29) is 0 Å². The molecule has 2 saturated heterocycles. The van der Waals surface area contributed by atoms with Crippen molar-refractivity contribution in [3.63, 3.8) is 0 Å². The lowest BCUT2D eigenvalue weighted by Gasteiger charge is -2.28. The molecule has 31 heavy (non-hydrogen) atoms. The third kappa shape index (κ3) is 7.73. The van der Waals surface area contributed by atoms with Gasteiger partial charge in [0.25, 0.3) is 0 Å². The van der Waals surface area contributed by atoms with Gasteiger partial charge in [0, 0.05) is 93.1 Å². The van der Waals surface area contributed by atoms with Crippen molar-refractivity contribution in [2.45, 2.75) is 32.1 Å². The van der Waals surface area contributed by atoms with Crippen LogP contribution >= 0.6 is 0 Å². The molecule has 168 valence electrons. The average molecular weight is 429 g/mol. The van der Waals surface area contributed by atoms with E-state index in [2.05, 4.69) is 48.3 Å². The first-order chi connectivity index (χ1) is 14.8. The number of hydrogen-bond acceptors (Lipinski definition) is 6. The molecule has 0 N–H and O–H groups in total. The summed E-state index contributed by atoms with van der Waals surface area (Å²) in [7, 11) is 4.62. The van der Waals surface area contributed by atoms with Crippen LogP contribution in [0.4, 0.5) is 11.4 Å². The van der Waals surface area contributed by atoms with Gasteiger partial charge >= 0.3 is 0 Å². The van der Waals surface area contributed by atoms with E-state index in [1.807, 2.05) is 24.8 Å². The van der Waals surface area contributed by atoms with Crippen LogP contribution < -0.4 is 19.2 Å². The van der Waals surface area contributed by atoms with Crippen molar-refractivity contribution >= 4 is 23.3 Å². The van der Waals surface area contributed by atoms with Crippen LogP contribution in [-0.2, 0) is 9.59 Å². The number of aliphatic carboxylic acids is 2. The quantitative estimate of drug-likeness (QED) is 0.519. The second-order valence-corrected chi connectivity index (χ2v) is 8.43. The average Bonchev–Trinajstić information content (AvgIpc) is 3.40. The summed E-state index contributed by atoms with van der Waals surface area (Å²) >= 11 is 0. The minimum absolute atomic E-state index is 1.03. The van der Waals surface area contributed by atoms with Crippen molar-refractivity contribution in [3.05, 3.63) is 49.1 Å². The number of carboxylic acid groups (broad SMARTS) is 2. The van der Waals surface area contributed by atoms with Gasteiger partial charge in [-0.2, -0.15) is 0 Å². The van der Waals surface area contributed by atoms with Crippen LogP contribution in [0.1, 0.15) is 32.1 Å². The first kappa shape index (κ1) is 24.4. The number of aromatic nitrogens is 2. The molecule has 2 aliphatic rings. The predicted molar refractivity (Wildman–Crippen MR) is 116 cm³/mol. The van der Waals surface area contributed by atoms with Gasteiger partial charge in [0.05, 0.1) is 40.3 Å². The Labute approximate surface area is 184 Å². The van der Waals surface area contributed by atoms with Gasteiger partial charge in [0.2, 0.25) is 0 Å². The van der Waals surface area contributed by atoms with Crippen molar-refractivity contribution in [2.75, 3.05) is 40.3 Å². The normalized spacial score (nSPS) is 18.1. The summed E-state index contributed by atoms with van der Waals surface area (Å²) < 4.78 is 2.20. The van der Waals surface area contributed by atoms with Crippen LogP contribution in [0.3, 0.4) is 0 Å². The number of carbonyl (C=O) groups is 2. The summed E-state index contributed by atoms with van der Waals surface area (Å²) in [6, 6.07) is 8.52. The van der Waals surface area contributed by atoms with E-state index in [1.54, 1.807) is 0 Å². The summed E-state index contributed by atoms with van der Waals surface area (Å²) in [5.74, 6) is -3.25. The molecule has 2 aliphatic heterocycles. The maximum atomic E-state index is 9.28. The van der Waals surface area contributed by atoms with Crippen molar-refractivity contribution in [1.29, 1.82) is 0 Å². The Morgan fingerprint density at radius 3 is 1.23 bits per heavy atom. The molecular weight excluding hydrogens is 396 g/mol. The van der Waals surface area contributed by atoms with Crippen molar-refractivity contribution in [1.82, 2.24) is 18.9 Å². The largest absolute Gasteiger partial charge is 0.550 e. The van der Waals surface area contributed by atoms with Gasteiger partial charge in [0.1, 0.15) is 11.4 Å². The molecule has 8 heteroatoms. The highest BCUT2D eigenvalue weighted by Crippen LogP contribution is 2.26. The van der Waals surface area contributed by atoms with Crippen LogP contribution in [0.15, 0.2) is 49.1 Å². The highest BCUT2D eigenvalue weighted by Gasteiger charge is 2.29. The van der Waals surface area contributed by atoms with Gasteiger partial charge in [-0.3, -0.25) is 18.9 Å². The Kier molecular flexibility index (Phi) is 9.08. The molecule has 4 heterocycles. The van der Waals surface area contributed by atoms with Gasteiger partial charge in [-0.25, -0.2) is 0 Å². The number of hydrogen-bond donors (Lipinski definition) is 0. The van der Waals surface area contributed by atoms with Crippen LogP contribution in [0, 0.1) is 0 Å². The van der Waals surface area contributed by atoms with E-state index in [1.165, 1.54) is 63.2 Å². The highest BCUT2D eigenvalue weighted by atomic mass is 16.4. The fourth-order valence-electron chi connectivity index (χ4n) is 4.11. The smallest absolute Gasteiger partial charge is 0.135 e. The highest BCUT2D eigenvalue weighted by molar-refractivity contribution is 5.86. The first-order valence-corrected chi connectivity index (χ1v) is 10.7. The first-order valence-electron chi connectivity index (χ1n) is 10.7. The number of carbonyl (C=O) groups excluding carboxylic acids is 2. The van der Waals surface area contributed by atoms with E-state index in [0.29, 0.717) is 0 Å². The summed E-state index contributed by atoms with van der Waals surface area (Å²) in [4.78, 5) is 26.6. The van der Waals surface area contributed by atoms with Crippen molar-refractivity contribution in [2.24, 2.45) is 0 Å². The third-order valence-electron chi connectivity index (χ3n) is 5.97. The maximum absolute atomic E-state index is 9.28. The van der Waals surface area contributed by atoms with E-state index >= 15 is 0 Å². The van der Waals surface area contributed by atoms with E-state index in [9.17, 15) is 19.8 Å². The minimum Gasteiger partial charge on any atom is -0.550 e. The molecule has 0 aromatic carbocycles. The monoisotopic (exact) mass is 428 g/mol. The van der Waals surface area contributed by atoms with Gasteiger partial charge in [-0.05, 0) is 0 Å². The standard InChI is InChI=1S/2C10H15N2.C3H4O4/c2*1-12(8-2-3-9-12)10-4-6-11-7-5-10;4-2(5)1-3(6)7/h2*4-7H,2-3,8-9H2,1H3;1H2,(H,4,5)(H,6,7)/q2*+1;/p-2. The number of carboxylic acids is 2. The Morgan fingerprint density at radius 1 is 0.710 bits per heavy atom. The van der Waals surface area contributed by atoms with Gasteiger partial charge in [0.15, 0.2) is 0 Å². The summed E-state index contributed by atoms with van der Waals surface area (Å²) in [6.07, 6.45) is 12.0. The molecule has 2 fully saturated rings. The fraction of sp³-hybridized carbons (Fsp3) is 0.478. The number of quaternary nitrogens is 2. The second-order valence-electron chi connectivity index (χ2n) is 8.43. The zero-order chi connectivity index (χ0) is 22.7. The summed E-state index contributed by atoms with van der Waals surface area (Å²) in [6.45, 7) is 5.13. The SMILES string of the molecule is C[N+]1(c2ccncc2)CCCC1.C[N+]1(c2ccncc2)CCCC1.O=C([O-])CC(=O)[O-]. The number of rotatable bonds is 4. The fourth-order valence-corrected chi connectivity index (χ4v) is 4.11. The lowest BCUT2D eigenvalue weighted by molar-refractivity contribution is -0.322. The second kappa shape index (κ2) is 11.5. The number of nitrogens with zero attached hydrogens (tertiary/aromatic N) is 4. The molecule has 0 spiro atoms. The van der Waals surface area contributed by atoms with Gasteiger partial charge < -0.3 is 19.8 Å². The summed E-state index contributed by atoms with van der Waals surface area (Å²) in [5.41, 5.74) is 2.81. The number of likely N-dealkylation sites (tertiary alicyclic amines) is 2. The Morgan fingerprint density at radius 2 is 1.00 bits per heavy atom. The molecule has 0 atom stereocenters. The van der Waals surface area contributed by atoms with Gasteiger partial charge in [-0.15, -0.1) is 0 Å². The molecule has 0 unspecified atom stereocenters. The molecule has 0 amide bonds. The predicted octanol–water partition coefficient (Wildman–Crippen LogP) is 0.501. The molecule has 4 rings (SSSR count). The Balaban J connectivity index is 0.000000173. The van der Waals surface area contributed by atoms with Crippen LogP contribution in [0.25, 0.3) is 0 Å². The molecule has 2 aromatic heterocycles. The third-order valence-corrected chi connectivity index (χ3v) is 5.97. The minimum atomic E-state index is -1.63. The summed E-state index contributed by atoms with van der Waals surface area (Å²) in [5, 5.41) is 18.6. The van der Waals surface area contributed by atoms with Gasteiger partial charge in [-0.1, -0.05) is 0 Å². The zero-order valence-corrected chi connectivity index (χ0v) is 18.4. The van der Waals surface area contributed by atoms with Crippen molar-refractivity contribution < 1.29 is 19.8 Å². The molecule has 0 aliphatic carbocycles. The topological polar surface area (TPSA) is 106 Å².